The average Bonchev–Trinajstić information content (AvgIpc) is 2.75. The molecule has 0 aliphatic rings. The number of benzene rings is 1. The molecular formula is C24H28Cl4N2O4. The number of oxime groups is 1. The molecule has 0 N–H and O–H groups in total. The van der Waals surface area contributed by atoms with Gasteiger partial charge in [0.2, 0.25) is 5.88 Å². The molecule has 0 aliphatic carbocycles. The highest BCUT2D eigenvalue weighted by molar-refractivity contribution is 6.55. The van der Waals surface area contributed by atoms with Gasteiger partial charge in [-0.2, -0.15) is 0 Å². The first-order chi connectivity index (χ1) is 16.1. The van der Waals surface area contributed by atoms with Crippen molar-refractivity contribution in [1.82, 2.24) is 4.98 Å². The van der Waals surface area contributed by atoms with Crippen LogP contribution < -0.4 is 14.2 Å². The summed E-state index contributed by atoms with van der Waals surface area (Å²) < 4.78 is 17.0. The van der Waals surface area contributed by atoms with Crippen molar-refractivity contribution in [3.63, 3.8) is 0 Å². The van der Waals surface area contributed by atoms with Crippen LogP contribution in [0.5, 0.6) is 17.4 Å². The quantitative estimate of drug-likeness (QED) is 0.146. The van der Waals surface area contributed by atoms with Crippen molar-refractivity contribution in [2.24, 2.45) is 5.16 Å². The van der Waals surface area contributed by atoms with Gasteiger partial charge < -0.3 is 19.0 Å². The van der Waals surface area contributed by atoms with Gasteiger partial charge in [0.25, 0.3) is 0 Å². The maximum atomic E-state index is 6.26. The molecule has 0 amide bonds. The maximum absolute atomic E-state index is 6.26. The van der Waals surface area contributed by atoms with Gasteiger partial charge in [0.1, 0.15) is 22.4 Å². The van der Waals surface area contributed by atoms with Crippen LogP contribution in [-0.2, 0) is 11.3 Å². The van der Waals surface area contributed by atoms with E-state index in [2.05, 4.69) is 10.1 Å². The van der Waals surface area contributed by atoms with Crippen LogP contribution in [0.2, 0.25) is 10.0 Å². The van der Waals surface area contributed by atoms with Gasteiger partial charge in [-0.15, -0.1) is 0 Å². The van der Waals surface area contributed by atoms with Gasteiger partial charge in [0, 0.05) is 37.0 Å². The summed E-state index contributed by atoms with van der Waals surface area (Å²) in [5.74, 6) is 1.47. The van der Waals surface area contributed by atoms with E-state index in [-0.39, 0.29) is 16.7 Å². The summed E-state index contributed by atoms with van der Waals surface area (Å²) in [6.07, 6.45) is 7.17. The summed E-state index contributed by atoms with van der Waals surface area (Å²) in [5, 5.41) is 4.68. The summed E-state index contributed by atoms with van der Waals surface area (Å²) in [7, 11) is 0. The van der Waals surface area contributed by atoms with E-state index in [9.17, 15) is 0 Å². The number of ether oxygens (including phenoxy) is 3. The van der Waals surface area contributed by atoms with E-state index in [4.69, 9.17) is 65.5 Å². The third-order valence-corrected chi connectivity index (χ3v) is 4.89. The number of rotatable bonds is 13. The summed E-state index contributed by atoms with van der Waals surface area (Å²) in [4.78, 5) is 9.62. The van der Waals surface area contributed by atoms with Gasteiger partial charge in [0.05, 0.1) is 23.3 Å². The largest absolute Gasteiger partial charge is 0.490 e. The Hall–Kier alpha value is -1.86. The lowest BCUT2D eigenvalue weighted by atomic mass is 10.2. The number of unbranched alkanes of at least 4 members (excludes halogenated alkanes) is 1. The minimum atomic E-state index is -0.298. The molecule has 1 aromatic heterocycles. The summed E-state index contributed by atoms with van der Waals surface area (Å²) in [6.45, 7) is 7.00. The van der Waals surface area contributed by atoms with Crippen molar-refractivity contribution < 1.29 is 19.0 Å². The number of halogens is 4. The zero-order chi connectivity index (χ0) is 25.0. The van der Waals surface area contributed by atoms with Crippen molar-refractivity contribution in [2.75, 3.05) is 19.8 Å². The second kappa shape index (κ2) is 14.5. The van der Waals surface area contributed by atoms with E-state index >= 15 is 0 Å². The van der Waals surface area contributed by atoms with Crippen LogP contribution in [0.15, 0.2) is 46.2 Å². The summed E-state index contributed by atoms with van der Waals surface area (Å²) >= 11 is 23.6. The lowest BCUT2D eigenvalue weighted by Gasteiger charge is -2.14. The molecule has 2 rings (SSSR count). The molecule has 34 heavy (non-hydrogen) atoms. The molecular weight excluding hydrogens is 522 g/mol. The SMILES string of the molecule is CC(C)(C)ON=CCc1ccc(OCCCCOc2c(Cl)cc(OCC=C(Cl)Cl)cc2Cl)nc1. The van der Waals surface area contributed by atoms with Gasteiger partial charge in [0.15, 0.2) is 5.75 Å². The zero-order valence-corrected chi connectivity index (χ0v) is 22.3. The van der Waals surface area contributed by atoms with Gasteiger partial charge in [-0.25, -0.2) is 4.98 Å². The predicted molar refractivity (Wildman–Crippen MR) is 139 cm³/mol. The Labute approximate surface area is 220 Å². The molecule has 10 heteroatoms. The summed E-state index contributed by atoms with van der Waals surface area (Å²) in [5.41, 5.74) is 0.722. The Bertz CT molecular complexity index is 933. The second-order valence-corrected chi connectivity index (χ2v) is 9.95. The lowest BCUT2D eigenvalue weighted by Crippen LogP contribution is -2.15. The minimum absolute atomic E-state index is 0.126. The molecule has 186 valence electrons. The van der Waals surface area contributed by atoms with Crippen LogP contribution in [0.3, 0.4) is 0 Å². The molecule has 0 aliphatic heterocycles. The highest BCUT2D eigenvalue weighted by Gasteiger charge is 2.11. The molecule has 0 fully saturated rings. The first kappa shape index (κ1) is 28.4. The number of aromatic nitrogens is 1. The molecule has 0 saturated carbocycles. The van der Waals surface area contributed by atoms with E-state index in [1.54, 1.807) is 24.5 Å². The third kappa shape index (κ3) is 11.5. The fourth-order valence-corrected chi connectivity index (χ4v) is 3.17. The molecule has 0 spiro atoms. The molecule has 1 heterocycles. The third-order valence-electron chi connectivity index (χ3n) is 4.02. The van der Waals surface area contributed by atoms with Crippen molar-refractivity contribution in [3.05, 3.63) is 56.6 Å². The van der Waals surface area contributed by atoms with Gasteiger partial charge in [-0.1, -0.05) is 57.6 Å². The normalized spacial score (nSPS) is 11.4. The van der Waals surface area contributed by atoms with Gasteiger partial charge in [-0.05, 0) is 45.3 Å². The first-order valence-electron chi connectivity index (χ1n) is 10.7. The van der Waals surface area contributed by atoms with Crippen molar-refractivity contribution in [2.45, 2.75) is 45.6 Å². The van der Waals surface area contributed by atoms with Gasteiger partial charge >= 0.3 is 0 Å². The van der Waals surface area contributed by atoms with E-state index in [0.717, 1.165) is 18.4 Å². The molecule has 1 aromatic carbocycles. The second-order valence-electron chi connectivity index (χ2n) is 8.13. The molecule has 6 nitrogen and oxygen atoms in total. The lowest BCUT2D eigenvalue weighted by molar-refractivity contribution is 0.00165. The van der Waals surface area contributed by atoms with Crippen LogP contribution >= 0.6 is 46.4 Å². The molecule has 0 bridgehead atoms. The fraction of sp³-hybridized carbons (Fsp3) is 0.417. The smallest absolute Gasteiger partial charge is 0.213 e. The first-order valence-corrected chi connectivity index (χ1v) is 12.2. The average molecular weight is 550 g/mol. The zero-order valence-electron chi connectivity index (χ0n) is 19.3. The molecule has 0 unspecified atom stereocenters. The van der Waals surface area contributed by atoms with Crippen LogP contribution in [0.1, 0.15) is 39.2 Å². The molecule has 0 radical (unpaired) electrons. The topological polar surface area (TPSA) is 62.2 Å². The predicted octanol–water partition coefficient (Wildman–Crippen LogP) is 7.67. The van der Waals surface area contributed by atoms with E-state index in [1.807, 2.05) is 32.9 Å². The highest BCUT2D eigenvalue weighted by Crippen LogP contribution is 2.37. The van der Waals surface area contributed by atoms with Crippen LogP contribution in [0, 0.1) is 0 Å². The van der Waals surface area contributed by atoms with Crippen LogP contribution in [0.25, 0.3) is 0 Å². The number of hydrogen-bond acceptors (Lipinski definition) is 6. The highest BCUT2D eigenvalue weighted by atomic mass is 35.5. The number of pyridine rings is 1. The maximum Gasteiger partial charge on any atom is 0.213 e. The molecule has 0 atom stereocenters. The Morgan fingerprint density at radius 3 is 2.26 bits per heavy atom. The molecule has 2 aromatic rings. The van der Waals surface area contributed by atoms with Gasteiger partial charge in [-0.3, -0.25) is 0 Å². The van der Waals surface area contributed by atoms with Crippen LogP contribution in [-0.4, -0.2) is 36.6 Å². The fourth-order valence-electron chi connectivity index (χ4n) is 2.47. The number of nitrogens with zero attached hydrogens (tertiary/aromatic N) is 2. The Kier molecular flexibility index (Phi) is 12.1. The van der Waals surface area contributed by atoms with Crippen molar-refractivity contribution in [1.29, 1.82) is 0 Å². The molecule has 0 saturated heterocycles. The summed E-state index contributed by atoms with van der Waals surface area (Å²) in [6, 6.07) is 7.04. The minimum Gasteiger partial charge on any atom is -0.490 e. The standard InChI is InChI=1S/C24H28Cl4N2O4/c1-24(2,3)34-30-10-8-17-6-7-22(29-16-17)32-11-4-5-12-33-23-19(25)14-18(15-20(23)26)31-13-9-21(27)28/h6-7,9-10,14-16H,4-5,8,11-13H2,1-3H3. The number of hydrogen-bond donors (Lipinski definition) is 0. The van der Waals surface area contributed by atoms with Crippen molar-refractivity contribution in [3.8, 4) is 17.4 Å². The Morgan fingerprint density at radius 2 is 1.68 bits per heavy atom. The monoisotopic (exact) mass is 548 g/mol. The Morgan fingerprint density at radius 1 is 1.00 bits per heavy atom. The van der Waals surface area contributed by atoms with Crippen molar-refractivity contribution >= 4 is 52.6 Å². The Balaban J connectivity index is 1.67. The van der Waals surface area contributed by atoms with Crippen LogP contribution in [0.4, 0.5) is 0 Å². The van der Waals surface area contributed by atoms with E-state index in [1.165, 1.54) is 6.08 Å². The van der Waals surface area contributed by atoms with E-state index in [0.29, 0.717) is 47.1 Å². The van der Waals surface area contributed by atoms with E-state index < -0.39 is 0 Å².